The molecule has 1 aliphatic heterocycles. The van der Waals surface area contributed by atoms with E-state index in [4.69, 9.17) is 0 Å². The van der Waals surface area contributed by atoms with Crippen LogP contribution in [0.15, 0.2) is 60.7 Å². The molecule has 3 rings (SSSR count). The monoisotopic (exact) mass is 255 g/mol. The Morgan fingerprint density at radius 1 is 0.895 bits per heavy atom. The second-order valence-electron chi connectivity index (χ2n) is 4.77. The van der Waals surface area contributed by atoms with E-state index in [1.165, 1.54) is 0 Å². The Hall–Kier alpha value is -1.80. The molecule has 100 valence electrons. The third-order valence-electron chi connectivity index (χ3n) is 3.66. The SMILES string of the molecule is C.OC1(c2ccccc2)CCCN1c1ccccc1. The zero-order chi connectivity index (χ0) is 12.4. The molecule has 1 saturated heterocycles. The summed E-state index contributed by atoms with van der Waals surface area (Å²) in [7, 11) is 0. The van der Waals surface area contributed by atoms with Crippen LogP contribution in [0.5, 0.6) is 0 Å². The first-order valence-corrected chi connectivity index (χ1v) is 6.41. The molecule has 0 saturated carbocycles. The van der Waals surface area contributed by atoms with Crippen molar-refractivity contribution in [2.24, 2.45) is 0 Å². The fraction of sp³-hybridized carbons (Fsp3) is 0.294. The summed E-state index contributed by atoms with van der Waals surface area (Å²) in [6.45, 7) is 0.898. The number of rotatable bonds is 2. The molecule has 2 aromatic carbocycles. The molecule has 1 aliphatic rings. The first-order valence-electron chi connectivity index (χ1n) is 6.41. The lowest BCUT2D eigenvalue weighted by Crippen LogP contribution is -2.41. The van der Waals surface area contributed by atoms with Gasteiger partial charge in [0.1, 0.15) is 0 Å². The van der Waals surface area contributed by atoms with E-state index >= 15 is 0 Å². The molecule has 0 bridgehead atoms. The fourth-order valence-corrected chi connectivity index (χ4v) is 2.76. The predicted molar refractivity (Wildman–Crippen MR) is 80.1 cm³/mol. The maximum Gasteiger partial charge on any atom is 0.164 e. The summed E-state index contributed by atoms with van der Waals surface area (Å²) in [6, 6.07) is 20.1. The molecule has 1 heterocycles. The molecule has 0 spiro atoms. The fourth-order valence-electron chi connectivity index (χ4n) is 2.76. The quantitative estimate of drug-likeness (QED) is 0.883. The second-order valence-corrected chi connectivity index (χ2v) is 4.77. The molecule has 2 aromatic rings. The number of hydrogen-bond donors (Lipinski definition) is 1. The Labute approximate surface area is 115 Å². The van der Waals surface area contributed by atoms with Crippen LogP contribution < -0.4 is 4.90 Å². The van der Waals surface area contributed by atoms with Gasteiger partial charge in [0.25, 0.3) is 0 Å². The molecule has 1 unspecified atom stereocenters. The Kier molecular flexibility index (Phi) is 3.91. The van der Waals surface area contributed by atoms with Gasteiger partial charge in [-0.2, -0.15) is 0 Å². The van der Waals surface area contributed by atoms with Crippen molar-refractivity contribution in [3.63, 3.8) is 0 Å². The van der Waals surface area contributed by atoms with Gasteiger partial charge in [0.15, 0.2) is 5.72 Å². The average molecular weight is 255 g/mol. The van der Waals surface area contributed by atoms with Crippen LogP contribution in [0.4, 0.5) is 5.69 Å². The van der Waals surface area contributed by atoms with Crippen molar-refractivity contribution in [1.29, 1.82) is 0 Å². The topological polar surface area (TPSA) is 23.5 Å². The first-order chi connectivity index (χ1) is 8.81. The molecule has 1 fully saturated rings. The van der Waals surface area contributed by atoms with E-state index in [0.717, 1.165) is 30.6 Å². The maximum absolute atomic E-state index is 11.0. The molecule has 2 heteroatoms. The van der Waals surface area contributed by atoms with Crippen molar-refractivity contribution in [3.8, 4) is 0 Å². The number of nitrogens with zero attached hydrogens (tertiary/aromatic N) is 1. The number of hydrogen-bond acceptors (Lipinski definition) is 2. The van der Waals surface area contributed by atoms with Crippen molar-refractivity contribution >= 4 is 5.69 Å². The molecule has 0 aromatic heterocycles. The van der Waals surface area contributed by atoms with Gasteiger partial charge in [0.2, 0.25) is 0 Å². The highest BCUT2D eigenvalue weighted by Crippen LogP contribution is 2.39. The van der Waals surface area contributed by atoms with Crippen LogP contribution >= 0.6 is 0 Å². The van der Waals surface area contributed by atoms with Crippen molar-refractivity contribution < 1.29 is 5.11 Å². The minimum absolute atomic E-state index is 0. The molecule has 0 radical (unpaired) electrons. The van der Waals surface area contributed by atoms with E-state index < -0.39 is 5.72 Å². The predicted octanol–water partition coefficient (Wildman–Crippen LogP) is 3.77. The van der Waals surface area contributed by atoms with Crippen molar-refractivity contribution in [1.82, 2.24) is 0 Å². The Morgan fingerprint density at radius 2 is 1.47 bits per heavy atom. The molecular weight excluding hydrogens is 234 g/mol. The average Bonchev–Trinajstić information content (AvgIpc) is 2.84. The smallest absolute Gasteiger partial charge is 0.164 e. The summed E-state index contributed by atoms with van der Waals surface area (Å²) in [4.78, 5) is 2.10. The molecule has 0 aliphatic carbocycles. The zero-order valence-corrected chi connectivity index (χ0v) is 10.3. The van der Waals surface area contributed by atoms with Crippen molar-refractivity contribution in [2.75, 3.05) is 11.4 Å². The largest absolute Gasteiger partial charge is 0.367 e. The summed E-state index contributed by atoms with van der Waals surface area (Å²) in [5.74, 6) is 0. The van der Waals surface area contributed by atoms with Gasteiger partial charge >= 0.3 is 0 Å². The van der Waals surface area contributed by atoms with E-state index in [0.29, 0.717) is 0 Å². The summed E-state index contributed by atoms with van der Waals surface area (Å²) in [5.41, 5.74) is 1.20. The number of benzene rings is 2. The maximum atomic E-state index is 11.0. The highest BCUT2D eigenvalue weighted by atomic mass is 16.3. The van der Waals surface area contributed by atoms with Crippen LogP contribution in [0, 0.1) is 0 Å². The molecule has 19 heavy (non-hydrogen) atoms. The normalized spacial score (nSPS) is 22.1. The second kappa shape index (κ2) is 5.45. The van der Waals surface area contributed by atoms with Gasteiger partial charge in [-0.25, -0.2) is 0 Å². The minimum Gasteiger partial charge on any atom is -0.367 e. The highest BCUT2D eigenvalue weighted by Gasteiger charge is 2.40. The number of para-hydroxylation sites is 1. The zero-order valence-electron chi connectivity index (χ0n) is 10.3. The molecule has 0 amide bonds. The van der Waals surface area contributed by atoms with Gasteiger partial charge in [0, 0.05) is 24.2 Å². The van der Waals surface area contributed by atoms with Gasteiger partial charge in [-0.15, -0.1) is 0 Å². The van der Waals surface area contributed by atoms with E-state index in [1.807, 2.05) is 48.5 Å². The number of aliphatic hydroxyl groups is 1. The van der Waals surface area contributed by atoms with Crippen LogP contribution in [-0.4, -0.2) is 11.7 Å². The lowest BCUT2D eigenvalue weighted by Gasteiger charge is -2.35. The molecule has 1 atom stereocenters. The summed E-state index contributed by atoms with van der Waals surface area (Å²) >= 11 is 0. The van der Waals surface area contributed by atoms with Gasteiger partial charge in [-0.1, -0.05) is 56.0 Å². The lowest BCUT2D eigenvalue weighted by atomic mass is 10.00. The highest BCUT2D eigenvalue weighted by molar-refractivity contribution is 5.51. The minimum atomic E-state index is -0.859. The Bertz CT molecular complexity index is 511. The number of anilines is 1. The van der Waals surface area contributed by atoms with E-state index in [2.05, 4.69) is 17.0 Å². The third kappa shape index (κ3) is 2.36. The summed E-state index contributed by atoms with van der Waals surface area (Å²) in [5, 5.41) is 11.0. The Balaban J connectivity index is 0.00000133. The van der Waals surface area contributed by atoms with Gasteiger partial charge in [-0.05, 0) is 18.6 Å². The van der Waals surface area contributed by atoms with Crippen LogP contribution in [0.3, 0.4) is 0 Å². The van der Waals surface area contributed by atoms with Crippen LogP contribution in [0.25, 0.3) is 0 Å². The summed E-state index contributed by atoms with van der Waals surface area (Å²) < 4.78 is 0. The lowest BCUT2D eigenvalue weighted by molar-refractivity contribution is 0.0480. The van der Waals surface area contributed by atoms with Gasteiger partial charge < -0.3 is 10.0 Å². The standard InChI is InChI=1S/C16H17NO.CH4/c18-16(14-8-3-1-4-9-14)12-7-13-17(16)15-10-5-2-6-11-15;/h1-6,8-11,18H,7,12-13H2;1H4. The van der Waals surface area contributed by atoms with E-state index in [1.54, 1.807) is 0 Å². The van der Waals surface area contributed by atoms with E-state index in [-0.39, 0.29) is 7.43 Å². The first kappa shape index (κ1) is 13.6. The Morgan fingerprint density at radius 3 is 2.11 bits per heavy atom. The van der Waals surface area contributed by atoms with Gasteiger partial charge in [-0.3, -0.25) is 0 Å². The van der Waals surface area contributed by atoms with Crippen LogP contribution in [0.1, 0.15) is 25.8 Å². The van der Waals surface area contributed by atoms with Crippen LogP contribution in [0.2, 0.25) is 0 Å². The molecule has 2 nitrogen and oxygen atoms in total. The van der Waals surface area contributed by atoms with E-state index in [9.17, 15) is 5.11 Å². The van der Waals surface area contributed by atoms with Crippen molar-refractivity contribution in [3.05, 3.63) is 66.2 Å². The van der Waals surface area contributed by atoms with Crippen LogP contribution in [-0.2, 0) is 5.72 Å². The molecule has 1 N–H and O–H groups in total. The van der Waals surface area contributed by atoms with Crippen molar-refractivity contribution in [2.45, 2.75) is 26.0 Å². The third-order valence-corrected chi connectivity index (χ3v) is 3.66. The van der Waals surface area contributed by atoms with Gasteiger partial charge in [0.05, 0.1) is 0 Å². The summed E-state index contributed by atoms with van der Waals surface area (Å²) in [6.07, 6.45) is 1.80. The molecular formula is C17H21NO.